The summed E-state index contributed by atoms with van der Waals surface area (Å²) in [4.78, 5) is 124. The molecule has 12 N–H and O–H groups in total. The summed E-state index contributed by atoms with van der Waals surface area (Å²) in [6.45, 7) is 30.5. The second-order valence-corrected chi connectivity index (χ2v) is 37.4. The number of hydrogen-bond acceptors (Lipinski definition) is 27. The average Bonchev–Trinajstić information content (AvgIpc) is 1.56. The minimum Gasteiger partial charge on any atom is -0.457 e. The van der Waals surface area contributed by atoms with E-state index in [1.54, 1.807) is 38.9 Å². The first kappa shape index (κ1) is 100. The Morgan fingerprint density at radius 2 is 0.829 bits per heavy atom. The van der Waals surface area contributed by atoms with Crippen molar-refractivity contribution in [3.05, 3.63) is 125 Å². The Morgan fingerprint density at radius 1 is 0.480 bits per heavy atom. The Kier molecular flexibility index (Phi) is 35.7. The van der Waals surface area contributed by atoms with Gasteiger partial charge in [-0.1, -0.05) is 6.07 Å². The number of ether oxygens (including phenoxy) is 7. The molecule has 0 unspecified atom stereocenters. The first-order chi connectivity index (χ1) is 57.6. The zero-order chi connectivity index (χ0) is 91.8. The summed E-state index contributed by atoms with van der Waals surface area (Å²) in [5.74, 6) is 12.6. The molecule has 36 heteroatoms. The highest BCUT2D eigenvalue weighted by Crippen LogP contribution is 2.63. The van der Waals surface area contributed by atoms with Crippen LogP contribution in [0.1, 0.15) is 231 Å². The van der Waals surface area contributed by atoms with E-state index < -0.39 is 40.0 Å². The van der Waals surface area contributed by atoms with Crippen molar-refractivity contribution in [2.75, 3.05) is 35.4 Å². The Balaban J connectivity index is 0.000000238. The summed E-state index contributed by atoms with van der Waals surface area (Å²) in [5, 5.41) is 28.9. The first-order valence-corrected chi connectivity index (χ1v) is 41.5. The van der Waals surface area contributed by atoms with Crippen LogP contribution in [0.15, 0.2) is 100 Å². The van der Waals surface area contributed by atoms with Crippen molar-refractivity contribution in [2.45, 2.75) is 260 Å². The molecule has 0 saturated heterocycles. The van der Waals surface area contributed by atoms with Crippen molar-refractivity contribution in [1.82, 2.24) is 56.2 Å². The lowest BCUT2D eigenvalue weighted by Crippen LogP contribution is -2.58. The van der Waals surface area contributed by atoms with E-state index in [4.69, 9.17) is 59.3 Å². The fourth-order valence-corrected chi connectivity index (χ4v) is 17.8. The predicted molar refractivity (Wildman–Crippen MR) is 460 cm³/mol. The van der Waals surface area contributed by atoms with Gasteiger partial charge >= 0.3 is 54.3 Å². The summed E-state index contributed by atoms with van der Waals surface area (Å²) < 4.78 is 38.0. The Bertz CT molecular complexity index is 4490. The van der Waals surface area contributed by atoms with Gasteiger partial charge in [-0.25, -0.2) is 33.6 Å². The molecule has 5 aromatic heterocycles. The molecule has 13 rings (SSSR count). The smallest absolute Gasteiger partial charge is 0.418 e. The van der Waals surface area contributed by atoms with Crippen LogP contribution in [0.5, 0.6) is 0 Å². The third-order valence-corrected chi connectivity index (χ3v) is 22.5. The summed E-state index contributed by atoms with van der Waals surface area (Å²) in [6.07, 6.45) is 25.4. The zero-order valence-electron chi connectivity index (χ0n) is 74.9. The molecule has 0 atom stereocenters. The first-order valence-electron chi connectivity index (χ1n) is 41.1. The van der Waals surface area contributed by atoms with Crippen molar-refractivity contribution >= 4 is 88.7 Å². The molecule has 8 saturated carbocycles. The van der Waals surface area contributed by atoms with Gasteiger partial charge in [-0.15, -0.1) is 0 Å². The maximum absolute atomic E-state index is 12.1. The standard InChI is InChI=1S/2C21H32N4O4.2C18H28N4O2.C5H5N.C2H3ClO2.2CO2/c1-13-7-16(25(12-13)19(27)28-6)17(24-22-5)14-8-21(9-14)10-15(11-21)23-18(26)29-20(2,3)4;1-13-7-8-25(19(27)28-6)17(13)16(24-22-5)14-9-21(10-14)11-15(12-21)23-18(26)29-20(2,3)4;1-11-5-14(20-10-11)15(22-19)12-6-18(7-12)8-13(9-18)21-16(23)24-17(2,3)4;1-11-5-6-20-14(11)15(22-19)12-7-18(8-12)9-13(10-18)21-16(23)24-17(2,3)4;1-2-4-6-5-3-1;1-5-2(3)4;2*2-1-3/h7,12,14-15,22H,8-11H2,1-6H3,(H,23,26);7-8,14-15,22H,9-12H2,1-6H3,(H,23,26);5,10,12-13,20H,6-9,19H2,1-4H3,(H,21,23);5-6,12-13,20H,7-10,19H2,1-4H3,(H,21,23);1-5H;1H3;;/b24-17+;24-16+;2*22-15+;;;;. The number of pyridine rings is 1. The van der Waals surface area contributed by atoms with Crippen LogP contribution < -0.4 is 43.8 Å². The van der Waals surface area contributed by atoms with Crippen LogP contribution in [0.4, 0.5) is 33.6 Å². The summed E-state index contributed by atoms with van der Waals surface area (Å²) in [6, 6.07) is 14.5. The van der Waals surface area contributed by atoms with Crippen molar-refractivity contribution in [3.8, 4) is 0 Å². The predicted octanol–water partition coefficient (Wildman–Crippen LogP) is 13.9. The number of nitrogens with zero attached hydrogens (tertiary/aromatic N) is 7. The van der Waals surface area contributed by atoms with E-state index in [1.807, 2.05) is 146 Å². The number of rotatable bonds is 14. The van der Waals surface area contributed by atoms with Crippen molar-refractivity contribution in [1.29, 1.82) is 0 Å². The van der Waals surface area contributed by atoms with Gasteiger partial charge in [0.1, 0.15) is 22.4 Å². The number of aryl methyl sites for hydroxylation is 4. The number of alkyl carbamates (subject to hydrolysis) is 4. The number of carbonyl (C=O) groups is 7. The van der Waals surface area contributed by atoms with Crippen LogP contribution in [0.2, 0.25) is 0 Å². The summed E-state index contributed by atoms with van der Waals surface area (Å²) in [7, 11) is 7.49. The molecule has 8 aliphatic rings. The second-order valence-electron chi connectivity index (χ2n) is 37.1. The number of methoxy groups -OCH3 is 3. The van der Waals surface area contributed by atoms with Gasteiger partial charge in [0, 0.05) is 111 Å². The minimum atomic E-state index is -0.773. The SMILES string of the molecule is CN/N=C(/c1c(C)ccn1C(=O)OC)C1CC2(CC(NC(=O)OC(C)(C)C)C2)C1.CN/N=C(/c1cc(C)cn1C(=O)OC)C1CC2(CC(NC(=O)OC(C)(C)C)C2)C1.COC(=O)Cl.Cc1c[nH]c(/C(=N/N)C2CC3(CC(NC(=O)OC(C)(C)C)C3)C2)c1.Cc1cc[nH]c1/C(=N/N)C1CC2(CC(NC(=O)OC(C)(C)C)C2)C1.O=C=O.O=C=O.c1ccncc1. The highest BCUT2D eigenvalue weighted by molar-refractivity contribution is 6.61. The van der Waals surface area contributed by atoms with Crippen LogP contribution in [-0.2, 0) is 52.3 Å². The Morgan fingerprint density at radius 3 is 1.12 bits per heavy atom. The quantitative estimate of drug-likeness (QED) is 0.0162. The van der Waals surface area contributed by atoms with E-state index >= 15 is 0 Å². The van der Waals surface area contributed by atoms with Crippen LogP contribution in [-0.4, -0.2) is 183 Å². The van der Waals surface area contributed by atoms with Crippen LogP contribution in [0.3, 0.4) is 0 Å². The van der Waals surface area contributed by atoms with E-state index in [-0.39, 0.29) is 83.5 Å². The molecular weight excluding hydrogens is 1610 g/mol. The molecule has 4 spiro atoms. The molecule has 0 bridgehead atoms. The van der Waals surface area contributed by atoms with E-state index in [9.17, 15) is 33.6 Å². The number of carbonyl (C=O) groups excluding carboxylic acids is 11. The van der Waals surface area contributed by atoms with Crippen molar-refractivity contribution < 1.29 is 85.9 Å². The fraction of sp³-hybridized carbons (Fsp3) is 0.609. The van der Waals surface area contributed by atoms with E-state index in [1.165, 1.54) is 41.6 Å². The highest BCUT2D eigenvalue weighted by atomic mass is 35.5. The number of amides is 4. The molecule has 5 heterocycles. The van der Waals surface area contributed by atoms with Gasteiger partial charge < -0.3 is 86.9 Å². The molecule has 0 radical (unpaired) electrons. The normalized spacial score (nSPS) is 24.8. The maximum Gasteiger partial charge on any atom is 0.418 e. The molecule has 35 nitrogen and oxygen atoms in total. The Labute approximate surface area is 725 Å². The molecular formula is C87H128ClN17O18. The highest BCUT2D eigenvalue weighted by Gasteiger charge is 2.59. The van der Waals surface area contributed by atoms with Crippen LogP contribution in [0.25, 0.3) is 0 Å². The third kappa shape index (κ3) is 29.5. The second kappa shape index (κ2) is 43.6. The van der Waals surface area contributed by atoms with E-state index in [0.29, 0.717) is 22.7 Å². The number of halogens is 1. The molecule has 676 valence electrons. The number of aromatic amines is 2. The largest absolute Gasteiger partial charge is 0.457 e. The van der Waals surface area contributed by atoms with Gasteiger partial charge in [-0.05, 0) is 294 Å². The summed E-state index contributed by atoms with van der Waals surface area (Å²) in [5.41, 5.74) is 16.0. The molecule has 5 aromatic rings. The van der Waals surface area contributed by atoms with E-state index in [0.717, 1.165) is 159 Å². The lowest BCUT2D eigenvalue weighted by atomic mass is 9.49. The number of nitrogens with two attached hydrogens (primary N) is 2. The molecule has 0 aliphatic heterocycles. The Hall–Kier alpha value is -11.3. The lowest BCUT2D eigenvalue weighted by molar-refractivity contribution is -0.193. The molecule has 123 heavy (non-hydrogen) atoms. The van der Waals surface area contributed by atoms with Gasteiger partial charge in [0.05, 0.1) is 67.0 Å². The monoisotopic (exact) mass is 1730 g/mol. The number of hydrogen-bond donors (Lipinski definition) is 10. The maximum atomic E-state index is 12.1. The minimum absolute atomic E-state index is 0.163. The number of H-pyrrole nitrogens is 2. The topological polar surface area (TPSA) is 480 Å². The van der Waals surface area contributed by atoms with Gasteiger partial charge in [0.15, 0.2) is 0 Å². The molecule has 8 fully saturated rings. The molecule has 8 aliphatic carbocycles. The average molecular weight is 1740 g/mol. The lowest BCUT2D eigenvalue weighted by Gasteiger charge is -2.57. The zero-order valence-corrected chi connectivity index (χ0v) is 75.7. The van der Waals surface area contributed by atoms with Crippen LogP contribution in [0, 0.1) is 73.0 Å². The van der Waals surface area contributed by atoms with Gasteiger partial charge in [-0.3, -0.25) is 14.1 Å². The number of nitrogens with one attached hydrogen (secondary N) is 8. The van der Waals surface area contributed by atoms with Crippen LogP contribution >= 0.6 is 11.6 Å². The van der Waals surface area contributed by atoms with Crippen molar-refractivity contribution in [2.24, 2.45) is 77.4 Å². The van der Waals surface area contributed by atoms with Crippen molar-refractivity contribution in [3.63, 3.8) is 0 Å². The summed E-state index contributed by atoms with van der Waals surface area (Å²) >= 11 is 4.60. The van der Waals surface area contributed by atoms with E-state index in [2.05, 4.69) is 104 Å². The third-order valence-electron chi connectivity index (χ3n) is 22.4. The van der Waals surface area contributed by atoms with Gasteiger partial charge in [0.2, 0.25) is 0 Å². The molecule has 0 aromatic carbocycles. The van der Waals surface area contributed by atoms with Gasteiger partial charge in [0.25, 0.3) is 0 Å². The molecule has 4 amide bonds. The fourth-order valence-electron chi connectivity index (χ4n) is 17.8. The van der Waals surface area contributed by atoms with Gasteiger partial charge in [-0.2, -0.15) is 39.6 Å². The number of aromatic nitrogens is 5. The number of hydrazone groups is 4.